The van der Waals surface area contributed by atoms with Gasteiger partial charge in [-0.3, -0.25) is 4.99 Å². The summed E-state index contributed by atoms with van der Waals surface area (Å²) < 4.78 is 15.9. The summed E-state index contributed by atoms with van der Waals surface area (Å²) in [6.45, 7) is 2.71. The van der Waals surface area contributed by atoms with E-state index in [9.17, 15) is 0 Å². The van der Waals surface area contributed by atoms with Crippen molar-refractivity contribution < 1.29 is 14.2 Å². The van der Waals surface area contributed by atoms with Crippen molar-refractivity contribution in [3.63, 3.8) is 0 Å². The number of guanidine groups is 1. The van der Waals surface area contributed by atoms with Crippen LogP contribution in [0, 0.1) is 0 Å². The van der Waals surface area contributed by atoms with Gasteiger partial charge in [0.05, 0.1) is 13.7 Å². The van der Waals surface area contributed by atoms with Crippen LogP contribution in [0.3, 0.4) is 0 Å². The normalized spacial score (nSPS) is 10.8. The van der Waals surface area contributed by atoms with Crippen molar-refractivity contribution in [1.29, 1.82) is 0 Å². The molecule has 2 aromatic carbocycles. The van der Waals surface area contributed by atoms with Crippen LogP contribution in [0.4, 0.5) is 0 Å². The third-order valence-electron chi connectivity index (χ3n) is 3.96. The van der Waals surface area contributed by atoms with Gasteiger partial charge in [0.1, 0.15) is 11.5 Å². The molecule has 0 amide bonds. The lowest BCUT2D eigenvalue weighted by molar-refractivity contribution is 0.172. The molecule has 154 valence electrons. The minimum Gasteiger partial charge on any atom is -0.497 e. The zero-order chi connectivity index (χ0) is 19.3. The first-order valence-electron chi connectivity index (χ1n) is 9.03. The highest BCUT2D eigenvalue weighted by molar-refractivity contribution is 14.0. The van der Waals surface area contributed by atoms with Crippen molar-refractivity contribution >= 4 is 29.9 Å². The summed E-state index contributed by atoms with van der Waals surface area (Å²) in [6, 6.07) is 16.0. The maximum atomic E-state index is 5.74. The third-order valence-corrected chi connectivity index (χ3v) is 3.96. The molecule has 0 bridgehead atoms. The van der Waals surface area contributed by atoms with Crippen molar-refractivity contribution in [3.05, 3.63) is 59.7 Å². The van der Waals surface area contributed by atoms with Crippen LogP contribution in [0.15, 0.2) is 53.5 Å². The lowest BCUT2D eigenvalue weighted by Gasteiger charge is -2.13. The van der Waals surface area contributed by atoms with E-state index in [0.29, 0.717) is 26.3 Å². The predicted octanol–water partition coefficient (Wildman–Crippen LogP) is 3.59. The smallest absolute Gasteiger partial charge is 0.191 e. The van der Waals surface area contributed by atoms with Crippen LogP contribution in [0.5, 0.6) is 11.5 Å². The topological polar surface area (TPSA) is 64.1 Å². The Hall–Kier alpha value is -2.00. The summed E-state index contributed by atoms with van der Waals surface area (Å²) in [5.74, 6) is 2.47. The number of methoxy groups -OCH3 is 2. The van der Waals surface area contributed by atoms with E-state index < -0.39 is 0 Å². The molecule has 0 radical (unpaired) electrons. The number of hydrogen-bond donors (Lipinski definition) is 2. The molecule has 0 aliphatic rings. The van der Waals surface area contributed by atoms with E-state index in [0.717, 1.165) is 35.0 Å². The number of nitrogens with one attached hydrogen (secondary N) is 2. The summed E-state index contributed by atoms with van der Waals surface area (Å²) in [5.41, 5.74) is 2.29. The summed E-state index contributed by atoms with van der Waals surface area (Å²) in [4.78, 5) is 4.27. The number of halogens is 1. The van der Waals surface area contributed by atoms with Gasteiger partial charge in [0.15, 0.2) is 5.96 Å². The molecule has 2 N–H and O–H groups in total. The van der Waals surface area contributed by atoms with Gasteiger partial charge >= 0.3 is 0 Å². The van der Waals surface area contributed by atoms with Crippen molar-refractivity contribution in [3.8, 4) is 11.5 Å². The number of rotatable bonds is 10. The van der Waals surface area contributed by atoms with E-state index in [-0.39, 0.29) is 24.0 Å². The molecule has 2 rings (SSSR count). The molecule has 0 spiro atoms. The summed E-state index contributed by atoms with van der Waals surface area (Å²) >= 11 is 0. The molecule has 2 aromatic rings. The maximum Gasteiger partial charge on any atom is 0.191 e. The molecular formula is C21H30IN3O3. The molecule has 0 heterocycles. The molecule has 0 saturated heterocycles. The summed E-state index contributed by atoms with van der Waals surface area (Å²) in [5, 5.41) is 6.63. The lowest BCUT2D eigenvalue weighted by Crippen LogP contribution is -2.36. The molecule has 0 saturated carbocycles. The number of hydrogen-bond acceptors (Lipinski definition) is 4. The van der Waals surface area contributed by atoms with Crippen LogP contribution in [-0.2, 0) is 17.8 Å². The van der Waals surface area contributed by atoms with Crippen molar-refractivity contribution in [2.45, 2.75) is 19.5 Å². The van der Waals surface area contributed by atoms with Crippen LogP contribution in [0.2, 0.25) is 0 Å². The second kappa shape index (κ2) is 14.1. The lowest BCUT2D eigenvalue weighted by atomic mass is 10.2. The molecule has 0 atom stereocenters. The fourth-order valence-corrected chi connectivity index (χ4v) is 2.47. The average molecular weight is 499 g/mol. The Kier molecular flexibility index (Phi) is 12.1. The molecule has 6 nitrogen and oxygen atoms in total. The fourth-order valence-electron chi connectivity index (χ4n) is 2.47. The van der Waals surface area contributed by atoms with Gasteiger partial charge in [-0.1, -0.05) is 24.3 Å². The van der Waals surface area contributed by atoms with E-state index >= 15 is 0 Å². The van der Waals surface area contributed by atoms with Crippen LogP contribution >= 0.6 is 24.0 Å². The number of benzene rings is 2. The molecule has 0 aliphatic carbocycles. The Morgan fingerprint density at radius 1 is 0.893 bits per heavy atom. The van der Waals surface area contributed by atoms with Crippen LogP contribution < -0.4 is 20.1 Å². The van der Waals surface area contributed by atoms with Crippen LogP contribution in [0.25, 0.3) is 0 Å². The number of nitrogens with zero attached hydrogens (tertiary/aromatic N) is 1. The zero-order valence-corrected chi connectivity index (χ0v) is 19.1. The van der Waals surface area contributed by atoms with Crippen molar-refractivity contribution in [2.24, 2.45) is 4.99 Å². The Morgan fingerprint density at radius 3 is 2.25 bits per heavy atom. The molecular weight excluding hydrogens is 469 g/mol. The van der Waals surface area contributed by atoms with E-state index in [4.69, 9.17) is 14.2 Å². The van der Waals surface area contributed by atoms with Gasteiger partial charge in [-0.2, -0.15) is 0 Å². The predicted molar refractivity (Wildman–Crippen MR) is 124 cm³/mol. The standard InChI is InChI=1S/C21H29N3O3.HI/c1-22-21(23-15-17-8-10-19(26-3)11-9-17)24-16-18-6-4-7-20(14-18)27-13-5-12-25-2;/h4,6-11,14H,5,12-13,15-16H2,1-3H3,(H2,22,23,24);1H. The van der Waals surface area contributed by atoms with Crippen LogP contribution in [-0.4, -0.2) is 40.4 Å². The van der Waals surface area contributed by atoms with Gasteiger partial charge < -0.3 is 24.8 Å². The minimum absolute atomic E-state index is 0. The van der Waals surface area contributed by atoms with Crippen LogP contribution in [0.1, 0.15) is 17.5 Å². The van der Waals surface area contributed by atoms with E-state index in [1.54, 1.807) is 21.3 Å². The summed E-state index contributed by atoms with van der Waals surface area (Å²) in [6.07, 6.45) is 0.876. The average Bonchev–Trinajstić information content (AvgIpc) is 2.72. The first-order valence-corrected chi connectivity index (χ1v) is 9.03. The SMILES string of the molecule is CN=C(NCc1ccc(OC)cc1)NCc1cccc(OCCCOC)c1.I. The van der Waals surface area contributed by atoms with Gasteiger partial charge in [0.25, 0.3) is 0 Å². The first-order chi connectivity index (χ1) is 13.2. The van der Waals surface area contributed by atoms with Gasteiger partial charge in [-0.05, 0) is 35.4 Å². The third kappa shape index (κ3) is 8.79. The van der Waals surface area contributed by atoms with Gasteiger partial charge in [-0.15, -0.1) is 24.0 Å². The quantitative estimate of drug-likeness (QED) is 0.227. The van der Waals surface area contributed by atoms with Gasteiger partial charge in [-0.25, -0.2) is 0 Å². The molecule has 0 fully saturated rings. The Morgan fingerprint density at radius 2 is 1.61 bits per heavy atom. The second-order valence-electron chi connectivity index (χ2n) is 5.97. The largest absolute Gasteiger partial charge is 0.497 e. The van der Waals surface area contributed by atoms with E-state index in [1.807, 2.05) is 42.5 Å². The highest BCUT2D eigenvalue weighted by Gasteiger charge is 2.01. The van der Waals surface area contributed by atoms with Gasteiger partial charge in [0.2, 0.25) is 0 Å². The highest BCUT2D eigenvalue weighted by atomic mass is 127. The molecule has 7 heteroatoms. The molecule has 0 unspecified atom stereocenters. The van der Waals surface area contributed by atoms with Crippen molar-refractivity contribution in [1.82, 2.24) is 10.6 Å². The monoisotopic (exact) mass is 499 g/mol. The Balaban J connectivity index is 0.00000392. The Bertz CT molecular complexity index is 708. The van der Waals surface area contributed by atoms with E-state index in [1.165, 1.54) is 0 Å². The number of ether oxygens (including phenoxy) is 3. The molecule has 0 aromatic heterocycles. The number of aliphatic imine (C=N–C) groups is 1. The molecule has 0 aliphatic heterocycles. The maximum absolute atomic E-state index is 5.74. The second-order valence-corrected chi connectivity index (χ2v) is 5.97. The highest BCUT2D eigenvalue weighted by Crippen LogP contribution is 2.14. The fraction of sp³-hybridized carbons (Fsp3) is 0.381. The Labute approximate surface area is 184 Å². The summed E-state index contributed by atoms with van der Waals surface area (Å²) in [7, 11) is 5.12. The zero-order valence-electron chi connectivity index (χ0n) is 16.7. The first kappa shape index (κ1) is 24.0. The van der Waals surface area contributed by atoms with E-state index in [2.05, 4.69) is 21.7 Å². The minimum atomic E-state index is 0. The van der Waals surface area contributed by atoms with Gasteiger partial charge in [0, 0.05) is 40.3 Å². The molecule has 28 heavy (non-hydrogen) atoms. The van der Waals surface area contributed by atoms with Crippen molar-refractivity contribution in [2.75, 3.05) is 34.5 Å².